The van der Waals surface area contributed by atoms with Crippen LogP contribution in [-0.2, 0) is 14.2 Å². The predicted octanol–water partition coefficient (Wildman–Crippen LogP) is 4.75. The summed E-state index contributed by atoms with van der Waals surface area (Å²) >= 11 is 1.15. The van der Waals surface area contributed by atoms with Crippen LogP contribution in [0.5, 0.6) is 0 Å². The zero-order valence-corrected chi connectivity index (χ0v) is 18.0. The van der Waals surface area contributed by atoms with Gasteiger partial charge in [0.05, 0.1) is 18.2 Å². The number of thioether (sulfide) groups is 1. The van der Waals surface area contributed by atoms with Crippen molar-refractivity contribution >= 4 is 23.2 Å². The number of alkyl carbamates (subject to hydrolysis) is 1. The van der Waals surface area contributed by atoms with Gasteiger partial charge in [-0.1, -0.05) is 0 Å². The Bertz CT molecular complexity index is 438. The van der Waals surface area contributed by atoms with Crippen LogP contribution in [0.3, 0.4) is 0 Å². The molecule has 0 aromatic carbocycles. The standard InChI is InChI=1S/C18H35NO5S/c1-13(19-14(20)23-16(2,3)4)12-22-18(8,9)10-11-25-15(21)24-17(5,6)7/h13H,10-12H2,1-9H3,(H,19,20). The smallest absolute Gasteiger partial charge is 0.407 e. The molecule has 25 heavy (non-hydrogen) atoms. The highest BCUT2D eigenvalue weighted by Gasteiger charge is 2.23. The molecule has 0 spiro atoms. The lowest BCUT2D eigenvalue weighted by molar-refractivity contribution is -0.0292. The summed E-state index contributed by atoms with van der Waals surface area (Å²) in [4.78, 5) is 23.4. The fraction of sp³-hybridized carbons (Fsp3) is 0.889. The number of ether oxygens (including phenoxy) is 3. The quantitative estimate of drug-likeness (QED) is 0.645. The average molecular weight is 378 g/mol. The summed E-state index contributed by atoms with van der Waals surface area (Å²) in [6.07, 6.45) is 0.234. The highest BCUT2D eigenvalue weighted by atomic mass is 32.2. The van der Waals surface area contributed by atoms with Crippen LogP contribution >= 0.6 is 11.8 Å². The van der Waals surface area contributed by atoms with Crippen LogP contribution in [0, 0.1) is 0 Å². The van der Waals surface area contributed by atoms with Crippen molar-refractivity contribution in [2.75, 3.05) is 12.4 Å². The van der Waals surface area contributed by atoms with Crippen molar-refractivity contribution in [3.8, 4) is 0 Å². The van der Waals surface area contributed by atoms with Gasteiger partial charge in [0.1, 0.15) is 11.2 Å². The van der Waals surface area contributed by atoms with Crippen LogP contribution in [0.15, 0.2) is 0 Å². The molecule has 148 valence electrons. The Balaban J connectivity index is 4.10. The fourth-order valence-electron chi connectivity index (χ4n) is 1.63. The van der Waals surface area contributed by atoms with Crippen LogP contribution in [-0.4, -0.2) is 46.6 Å². The number of amides is 1. The van der Waals surface area contributed by atoms with Gasteiger partial charge < -0.3 is 19.5 Å². The van der Waals surface area contributed by atoms with E-state index in [9.17, 15) is 9.59 Å². The molecule has 0 aliphatic carbocycles. The second kappa shape index (κ2) is 9.67. The van der Waals surface area contributed by atoms with E-state index in [2.05, 4.69) is 5.32 Å². The maximum atomic E-state index is 11.7. The van der Waals surface area contributed by atoms with Crippen LogP contribution in [0.1, 0.15) is 68.7 Å². The molecule has 1 atom stereocenters. The lowest BCUT2D eigenvalue weighted by Crippen LogP contribution is -2.41. The Morgan fingerprint density at radius 2 is 1.48 bits per heavy atom. The number of carbonyl (C=O) groups excluding carboxylic acids is 2. The summed E-state index contributed by atoms with van der Waals surface area (Å²) in [7, 11) is 0. The van der Waals surface area contributed by atoms with E-state index >= 15 is 0 Å². The third-order valence-corrected chi connectivity index (χ3v) is 3.53. The van der Waals surface area contributed by atoms with Crippen LogP contribution in [0.2, 0.25) is 0 Å². The summed E-state index contributed by atoms with van der Waals surface area (Å²) in [6.45, 7) is 17.1. The average Bonchev–Trinajstić information content (AvgIpc) is 2.31. The number of hydrogen-bond acceptors (Lipinski definition) is 6. The third-order valence-electron chi connectivity index (χ3n) is 2.80. The number of carbonyl (C=O) groups is 2. The summed E-state index contributed by atoms with van der Waals surface area (Å²) in [6, 6.07) is -0.173. The van der Waals surface area contributed by atoms with Crippen molar-refractivity contribution in [1.82, 2.24) is 5.32 Å². The molecule has 0 bridgehead atoms. The van der Waals surface area contributed by atoms with Gasteiger partial charge in [-0.25, -0.2) is 9.59 Å². The lowest BCUT2D eigenvalue weighted by Gasteiger charge is -2.28. The third kappa shape index (κ3) is 15.1. The lowest BCUT2D eigenvalue weighted by atomic mass is 10.1. The van der Waals surface area contributed by atoms with E-state index in [1.807, 2.05) is 62.3 Å². The SMILES string of the molecule is CC(COC(C)(C)CCSC(=O)OC(C)(C)C)NC(=O)OC(C)(C)C. The minimum atomic E-state index is -0.525. The summed E-state index contributed by atoms with van der Waals surface area (Å²) in [5.41, 5.74) is -1.40. The molecule has 0 fully saturated rings. The van der Waals surface area contributed by atoms with Crippen LogP contribution < -0.4 is 5.32 Å². The molecule has 0 saturated carbocycles. The predicted molar refractivity (Wildman–Crippen MR) is 102 cm³/mol. The molecule has 1 N–H and O–H groups in total. The molecule has 0 radical (unpaired) electrons. The van der Waals surface area contributed by atoms with Gasteiger partial charge in [-0.3, -0.25) is 0 Å². The van der Waals surface area contributed by atoms with Crippen molar-refractivity contribution < 1.29 is 23.8 Å². The fourth-order valence-corrected chi connectivity index (χ4v) is 2.70. The number of nitrogens with one attached hydrogen (secondary N) is 1. The van der Waals surface area contributed by atoms with Gasteiger partial charge in [0.2, 0.25) is 0 Å². The largest absolute Gasteiger partial charge is 0.452 e. The van der Waals surface area contributed by atoms with E-state index in [4.69, 9.17) is 14.2 Å². The monoisotopic (exact) mass is 377 g/mol. The first-order valence-corrected chi connectivity index (χ1v) is 9.57. The number of hydrogen-bond donors (Lipinski definition) is 1. The Morgan fingerprint density at radius 1 is 0.960 bits per heavy atom. The maximum Gasteiger partial charge on any atom is 0.407 e. The Labute approximate surface area is 156 Å². The summed E-state index contributed by atoms with van der Waals surface area (Å²) < 4.78 is 16.3. The second-order valence-corrected chi connectivity index (χ2v) is 9.71. The van der Waals surface area contributed by atoms with E-state index in [0.29, 0.717) is 18.8 Å². The molecule has 7 heteroatoms. The van der Waals surface area contributed by atoms with E-state index in [1.165, 1.54) is 0 Å². The molecule has 1 unspecified atom stereocenters. The van der Waals surface area contributed by atoms with E-state index < -0.39 is 22.9 Å². The summed E-state index contributed by atoms with van der Waals surface area (Å²) in [5, 5.41) is 2.47. The molecule has 0 aromatic rings. The van der Waals surface area contributed by atoms with Crippen molar-refractivity contribution in [3.63, 3.8) is 0 Å². The topological polar surface area (TPSA) is 73.9 Å². The molecule has 6 nitrogen and oxygen atoms in total. The first-order chi connectivity index (χ1) is 11.1. The van der Waals surface area contributed by atoms with E-state index in [1.54, 1.807) is 0 Å². The first-order valence-electron chi connectivity index (χ1n) is 8.59. The van der Waals surface area contributed by atoms with Gasteiger partial charge in [-0.2, -0.15) is 0 Å². The molecular formula is C18H35NO5S. The molecule has 0 aromatic heterocycles. The highest BCUT2D eigenvalue weighted by molar-refractivity contribution is 8.13. The van der Waals surface area contributed by atoms with Gasteiger partial charge in [-0.15, -0.1) is 0 Å². The zero-order valence-electron chi connectivity index (χ0n) is 17.1. The van der Waals surface area contributed by atoms with Crippen molar-refractivity contribution in [2.45, 2.75) is 91.6 Å². The van der Waals surface area contributed by atoms with Gasteiger partial charge in [0.15, 0.2) is 0 Å². The Hall–Kier alpha value is -0.950. The minimum absolute atomic E-state index is 0.173. The molecular weight excluding hydrogens is 342 g/mol. The molecule has 0 aliphatic rings. The second-order valence-electron chi connectivity index (χ2n) is 8.68. The molecule has 0 heterocycles. The van der Waals surface area contributed by atoms with Gasteiger partial charge >= 0.3 is 11.4 Å². The van der Waals surface area contributed by atoms with Crippen molar-refractivity contribution in [2.24, 2.45) is 0 Å². The Morgan fingerprint density at radius 3 is 1.96 bits per heavy atom. The molecule has 0 aliphatic heterocycles. The van der Waals surface area contributed by atoms with Gasteiger partial charge in [0.25, 0.3) is 0 Å². The molecule has 0 saturated heterocycles. The minimum Gasteiger partial charge on any atom is -0.452 e. The van der Waals surface area contributed by atoms with Crippen molar-refractivity contribution in [3.05, 3.63) is 0 Å². The first kappa shape index (κ1) is 24.1. The zero-order chi connectivity index (χ0) is 19.9. The summed E-state index contributed by atoms with van der Waals surface area (Å²) in [5.74, 6) is 0.607. The van der Waals surface area contributed by atoms with Gasteiger partial charge in [0, 0.05) is 5.75 Å². The molecule has 0 rings (SSSR count). The Kier molecular flexibility index (Phi) is 9.30. The number of rotatable bonds is 7. The maximum absolute atomic E-state index is 11.7. The molecule has 1 amide bonds. The normalized spacial score (nSPS) is 14.0. The van der Waals surface area contributed by atoms with Crippen LogP contribution in [0.25, 0.3) is 0 Å². The highest BCUT2D eigenvalue weighted by Crippen LogP contribution is 2.21. The van der Waals surface area contributed by atoms with E-state index in [-0.39, 0.29) is 11.3 Å². The van der Waals surface area contributed by atoms with Crippen LogP contribution in [0.4, 0.5) is 9.59 Å². The van der Waals surface area contributed by atoms with E-state index in [0.717, 1.165) is 11.8 Å². The van der Waals surface area contributed by atoms with Gasteiger partial charge in [-0.05, 0) is 80.5 Å². The van der Waals surface area contributed by atoms with Crippen molar-refractivity contribution in [1.29, 1.82) is 0 Å².